The van der Waals surface area contributed by atoms with Gasteiger partial charge in [-0.1, -0.05) is 72.8 Å². The van der Waals surface area contributed by atoms with E-state index in [4.69, 9.17) is 0 Å². The van der Waals surface area contributed by atoms with Crippen LogP contribution in [0, 0.1) is 0 Å². The summed E-state index contributed by atoms with van der Waals surface area (Å²) in [6, 6.07) is 25.0. The molecule has 0 amide bonds. The molecule has 0 radical (unpaired) electrons. The van der Waals surface area contributed by atoms with Gasteiger partial charge >= 0.3 is 0 Å². The highest BCUT2D eigenvalue weighted by Gasteiger charge is 2.25. The van der Waals surface area contributed by atoms with E-state index in [1.165, 1.54) is 0 Å². The van der Waals surface area contributed by atoms with Crippen LogP contribution in [0.3, 0.4) is 0 Å². The van der Waals surface area contributed by atoms with Crippen LogP contribution in [0.4, 0.5) is 0 Å². The summed E-state index contributed by atoms with van der Waals surface area (Å²) in [5, 5.41) is 4.47. The fourth-order valence-corrected chi connectivity index (χ4v) is 3.97. The molecule has 4 rings (SSSR count). The van der Waals surface area contributed by atoms with Crippen molar-refractivity contribution in [1.82, 2.24) is 10.3 Å². The van der Waals surface area contributed by atoms with Crippen molar-refractivity contribution in [3.8, 4) is 0 Å². The first-order chi connectivity index (χ1) is 15.0. The van der Waals surface area contributed by atoms with Crippen LogP contribution < -0.4 is 5.32 Å². The van der Waals surface area contributed by atoms with Crippen molar-refractivity contribution >= 4 is 22.5 Å². The van der Waals surface area contributed by atoms with Crippen LogP contribution in [0.2, 0.25) is 0 Å². The van der Waals surface area contributed by atoms with Gasteiger partial charge < -0.3 is 10.3 Å². The molecule has 31 heavy (non-hydrogen) atoms. The molecule has 1 aromatic heterocycles. The van der Waals surface area contributed by atoms with Gasteiger partial charge in [-0.25, -0.2) is 0 Å². The zero-order valence-electron chi connectivity index (χ0n) is 17.8. The molecule has 0 saturated heterocycles. The third kappa shape index (κ3) is 4.65. The van der Waals surface area contributed by atoms with Gasteiger partial charge in [0.15, 0.2) is 11.6 Å². The van der Waals surface area contributed by atoms with E-state index in [0.29, 0.717) is 11.1 Å². The van der Waals surface area contributed by atoms with Crippen molar-refractivity contribution in [3.63, 3.8) is 0 Å². The number of para-hydroxylation sites is 1. The molecule has 0 saturated carbocycles. The quantitative estimate of drug-likeness (QED) is 0.376. The molecule has 156 valence electrons. The standard InChI is InChI=1S/C27H26N2O2/c1-18(16-20-12-14-21(15-13-20)19(2)30)29-26(22-8-4-3-5-9-22)27(31)24-17-28-25-11-7-6-10-23(24)25/h3-15,17-18,26,28-29H,16H2,1-2H3/t18-,26+/m0/s1. The fraction of sp³-hybridized carbons (Fsp3) is 0.185. The van der Waals surface area contributed by atoms with Gasteiger partial charge in [0.1, 0.15) is 0 Å². The summed E-state index contributed by atoms with van der Waals surface area (Å²) in [6.07, 6.45) is 2.55. The van der Waals surface area contributed by atoms with Gasteiger partial charge in [0.05, 0.1) is 6.04 Å². The molecule has 2 atom stereocenters. The predicted molar refractivity (Wildman–Crippen MR) is 125 cm³/mol. The molecule has 0 aliphatic rings. The van der Waals surface area contributed by atoms with E-state index in [0.717, 1.165) is 28.5 Å². The summed E-state index contributed by atoms with van der Waals surface area (Å²) in [4.78, 5) is 28.3. The molecule has 1 heterocycles. The molecular weight excluding hydrogens is 384 g/mol. The molecular formula is C27H26N2O2. The van der Waals surface area contributed by atoms with Gasteiger partial charge in [-0.2, -0.15) is 0 Å². The first-order valence-corrected chi connectivity index (χ1v) is 10.5. The van der Waals surface area contributed by atoms with Crippen LogP contribution >= 0.6 is 0 Å². The molecule has 0 spiro atoms. The van der Waals surface area contributed by atoms with Crippen molar-refractivity contribution in [2.24, 2.45) is 0 Å². The fourth-order valence-electron chi connectivity index (χ4n) is 3.97. The van der Waals surface area contributed by atoms with Crippen LogP contribution in [-0.2, 0) is 6.42 Å². The van der Waals surface area contributed by atoms with Crippen LogP contribution in [0.1, 0.15) is 51.7 Å². The number of carbonyl (C=O) groups excluding carboxylic acids is 2. The number of H-pyrrole nitrogens is 1. The lowest BCUT2D eigenvalue weighted by Gasteiger charge is -2.23. The third-order valence-corrected chi connectivity index (χ3v) is 5.60. The van der Waals surface area contributed by atoms with E-state index in [1.54, 1.807) is 13.1 Å². The minimum atomic E-state index is -0.452. The second kappa shape index (κ2) is 9.11. The smallest absolute Gasteiger partial charge is 0.186 e. The number of carbonyl (C=O) groups is 2. The van der Waals surface area contributed by atoms with Gasteiger partial charge in [-0.05, 0) is 37.5 Å². The summed E-state index contributed by atoms with van der Waals surface area (Å²) >= 11 is 0. The van der Waals surface area contributed by atoms with Crippen LogP contribution in [0.15, 0.2) is 85.1 Å². The van der Waals surface area contributed by atoms with Gasteiger partial charge in [0.2, 0.25) is 0 Å². The Morgan fingerprint density at radius 1 is 0.903 bits per heavy atom. The Balaban J connectivity index is 1.58. The normalized spacial score (nSPS) is 13.1. The number of hydrogen-bond donors (Lipinski definition) is 2. The van der Waals surface area contributed by atoms with Crippen molar-refractivity contribution in [2.75, 3.05) is 0 Å². The highest BCUT2D eigenvalue weighted by atomic mass is 16.1. The second-order valence-electron chi connectivity index (χ2n) is 7.98. The number of hydrogen-bond acceptors (Lipinski definition) is 3. The Bertz CT molecular complexity index is 1190. The number of nitrogens with one attached hydrogen (secondary N) is 2. The minimum absolute atomic E-state index is 0.0439. The largest absolute Gasteiger partial charge is 0.360 e. The molecule has 4 aromatic rings. The van der Waals surface area contributed by atoms with E-state index in [-0.39, 0.29) is 17.6 Å². The Kier molecular flexibility index (Phi) is 6.10. The maximum Gasteiger partial charge on any atom is 0.186 e. The number of Topliss-reactive ketones (excluding diaryl/α,β-unsaturated/α-hetero) is 2. The number of benzene rings is 3. The first-order valence-electron chi connectivity index (χ1n) is 10.5. The first kappa shape index (κ1) is 20.8. The molecule has 3 aromatic carbocycles. The lowest BCUT2D eigenvalue weighted by Crippen LogP contribution is -2.36. The molecule has 4 heteroatoms. The Labute approximate surface area is 182 Å². The summed E-state index contributed by atoms with van der Waals surface area (Å²) in [5.74, 6) is 0.105. The molecule has 0 unspecified atom stereocenters. The zero-order chi connectivity index (χ0) is 21.8. The molecule has 0 fully saturated rings. The summed E-state index contributed by atoms with van der Waals surface area (Å²) in [7, 11) is 0. The maximum atomic E-state index is 13.6. The number of ketones is 2. The summed E-state index contributed by atoms with van der Waals surface area (Å²) in [5.41, 5.74) is 4.42. The SMILES string of the molecule is CC(=O)c1ccc(C[C@H](C)N[C@@H](C(=O)c2c[nH]c3ccccc23)c2ccccc2)cc1. The van der Waals surface area contributed by atoms with E-state index in [1.807, 2.05) is 78.9 Å². The second-order valence-corrected chi connectivity index (χ2v) is 7.98. The monoisotopic (exact) mass is 410 g/mol. The minimum Gasteiger partial charge on any atom is -0.360 e. The van der Waals surface area contributed by atoms with Crippen molar-refractivity contribution in [1.29, 1.82) is 0 Å². The Morgan fingerprint density at radius 2 is 1.58 bits per heavy atom. The number of rotatable bonds is 8. The average Bonchev–Trinajstić information content (AvgIpc) is 3.22. The molecule has 2 N–H and O–H groups in total. The van der Waals surface area contributed by atoms with Crippen LogP contribution in [-0.4, -0.2) is 22.6 Å². The topological polar surface area (TPSA) is 62.0 Å². The van der Waals surface area contributed by atoms with E-state index < -0.39 is 6.04 Å². The Morgan fingerprint density at radius 3 is 2.29 bits per heavy atom. The Hall–Kier alpha value is -3.50. The summed E-state index contributed by atoms with van der Waals surface area (Å²) in [6.45, 7) is 3.65. The molecule has 0 aliphatic heterocycles. The van der Waals surface area contributed by atoms with Gasteiger partial charge in [0.25, 0.3) is 0 Å². The van der Waals surface area contributed by atoms with Gasteiger partial charge in [-0.15, -0.1) is 0 Å². The third-order valence-electron chi connectivity index (χ3n) is 5.60. The maximum absolute atomic E-state index is 13.6. The highest BCUT2D eigenvalue weighted by molar-refractivity contribution is 6.10. The number of aromatic amines is 1. The van der Waals surface area contributed by atoms with Crippen LogP contribution in [0.25, 0.3) is 10.9 Å². The van der Waals surface area contributed by atoms with Gasteiger partial charge in [0, 0.05) is 34.3 Å². The molecule has 0 aliphatic carbocycles. The molecule has 4 nitrogen and oxygen atoms in total. The average molecular weight is 411 g/mol. The zero-order valence-corrected chi connectivity index (χ0v) is 17.8. The lowest BCUT2D eigenvalue weighted by atomic mass is 9.95. The van der Waals surface area contributed by atoms with Crippen molar-refractivity contribution < 1.29 is 9.59 Å². The van der Waals surface area contributed by atoms with E-state index in [2.05, 4.69) is 17.2 Å². The van der Waals surface area contributed by atoms with Crippen molar-refractivity contribution in [3.05, 3.63) is 107 Å². The highest BCUT2D eigenvalue weighted by Crippen LogP contribution is 2.25. The van der Waals surface area contributed by atoms with Crippen LogP contribution in [0.5, 0.6) is 0 Å². The summed E-state index contributed by atoms with van der Waals surface area (Å²) < 4.78 is 0. The predicted octanol–water partition coefficient (Wildman–Crippen LogP) is 5.52. The number of fused-ring (bicyclic) bond motifs is 1. The number of aromatic nitrogens is 1. The molecule has 0 bridgehead atoms. The van der Waals surface area contributed by atoms with E-state index in [9.17, 15) is 9.59 Å². The van der Waals surface area contributed by atoms with Crippen molar-refractivity contribution in [2.45, 2.75) is 32.4 Å². The lowest BCUT2D eigenvalue weighted by molar-refractivity contribution is 0.0937. The van der Waals surface area contributed by atoms with Gasteiger partial charge in [-0.3, -0.25) is 9.59 Å². The van der Waals surface area contributed by atoms with E-state index >= 15 is 0 Å².